The minimum Gasteiger partial charge on any atom is -0.462 e. The van der Waals surface area contributed by atoms with E-state index in [1.807, 2.05) is 38.1 Å². The third-order valence-electron chi connectivity index (χ3n) is 3.12. The van der Waals surface area contributed by atoms with E-state index in [2.05, 4.69) is 5.32 Å². The van der Waals surface area contributed by atoms with Gasteiger partial charge in [0.1, 0.15) is 0 Å². The van der Waals surface area contributed by atoms with Gasteiger partial charge < -0.3 is 15.8 Å². The summed E-state index contributed by atoms with van der Waals surface area (Å²) in [4.78, 5) is 12.1. The van der Waals surface area contributed by atoms with E-state index in [4.69, 9.17) is 10.5 Å². The van der Waals surface area contributed by atoms with Crippen molar-refractivity contribution in [3.05, 3.63) is 53.6 Å². The number of nitrogens with two attached hydrogens (primary N) is 1. The zero-order valence-electron chi connectivity index (χ0n) is 12.3. The second-order valence-electron chi connectivity index (χ2n) is 4.88. The lowest BCUT2D eigenvalue weighted by atomic mass is 10.1. The highest BCUT2D eigenvalue weighted by Crippen LogP contribution is 2.25. The van der Waals surface area contributed by atoms with Gasteiger partial charge in [0.15, 0.2) is 0 Å². The zero-order chi connectivity index (χ0) is 15.2. The highest BCUT2D eigenvalue weighted by Gasteiger charge is 2.14. The maximum atomic E-state index is 12.1. The molecule has 0 unspecified atom stereocenters. The fraction of sp³-hybridized carbons (Fsp3) is 0.235. The van der Waals surface area contributed by atoms with Crippen molar-refractivity contribution in [3.8, 4) is 0 Å². The number of benzene rings is 2. The Labute approximate surface area is 124 Å². The van der Waals surface area contributed by atoms with E-state index >= 15 is 0 Å². The number of carbonyl (C=O) groups excluding carboxylic acids is 1. The maximum Gasteiger partial charge on any atom is 0.340 e. The zero-order valence-corrected chi connectivity index (χ0v) is 12.3. The number of para-hydroxylation sites is 1. The van der Waals surface area contributed by atoms with Gasteiger partial charge >= 0.3 is 5.97 Å². The molecule has 2 aromatic rings. The molecule has 21 heavy (non-hydrogen) atoms. The summed E-state index contributed by atoms with van der Waals surface area (Å²) in [6, 6.07) is 13.1. The van der Waals surface area contributed by atoms with Crippen molar-refractivity contribution in [2.75, 3.05) is 17.7 Å². The first kappa shape index (κ1) is 14.9. The molecule has 0 atom stereocenters. The van der Waals surface area contributed by atoms with Gasteiger partial charge in [-0.25, -0.2) is 4.79 Å². The van der Waals surface area contributed by atoms with E-state index in [1.54, 1.807) is 18.2 Å². The van der Waals surface area contributed by atoms with Crippen LogP contribution in [0.3, 0.4) is 0 Å². The van der Waals surface area contributed by atoms with Crippen LogP contribution < -0.4 is 11.1 Å². The van der Waals surface area contributed by atoms with Gasteiger partial charge in [0.05, 0.1) is 17.9 Å². The molecule has 0 radical (unpaired) electrons. The van der Waals surface area contributed by atoms with Crippen molar-refractivity contribution in [1.29, 1.82) is 0 Å². The number of aryl methyl sites for hydroxylation is 1. The molecular formula is C17H20N2O2. The molecule has 0 fully saturated rings. The summed E-state index contributed by atoms with van der Waals surface area (Å²) >= 11 is 0. The lowest BCUT2D eigenvalue weighted by Crippen LogP contribution is -2.09. The van der Waals surface area contributed by atoms with Crippen molar-refractivity contribution in [2.45, 2.75) is 20.3 Å². The Bertz CT molecular complexity index is 638. The predicted octanol–water partition coefficient (Wildman–Crippen LogP) is 3.89. The number of nitrogens with one attached hydrogen (secondary N) is 1. The van der Waals surface area contributed by atoms with Gasteiger partial charge in [-0.3, -0.25) is 0 Å². The molecule has 0 bridgehead atoms. The standard InChI is InChI=1S/C17H20N2O2/c1-3-10-21-17(20)14-11-13(18)8-9-16(14)19-15-7-5-4-6-12(15)2/h4-9,11,19H,3,10,18H2,1-2H3. The minimum atomic E-state index is -0.361. The summed E-state index contributed by atoms with van der Waals surface area (Å²) in [5.41, 5.74) is 9.51. The summed E-state index contributed by atoms with van der Waals surface area (Å²) < 4.78 is 5.21. The average Bonchev–Trinajstić information content (AvgIpc) is 2.48. The first-order valence-corrected chi connectivity index (χ1v) is 7.01. The summed E-state index contributed by atoms with van der Waals surface area (Å²) in [6.45, 7) is 4.37. The second kappa shape index (κ2) is 6.79. The highest BCUT2D eigenvalue weighted by atomic mass is 16.5. The third-order valence-corrected chi connectivity index (χ3v) is 3.12. The summed E-state index contributed by atoms with van der Waals surface area (Å²) in [6.07, 6.45) is 0.786. The van der Waals surface area contributed by atoms with Crippen LogP contribution in [-0.2, 0) is 4.74 Å². The lowest BCUT2D eigenvalue weighted by Gasteiger charge is -2.14. The first-order chi connectivity index (χ1) is 10.1. The number of anilines is 3. The van der Waals surface area contributed by atoms with Gasteiger partial charge in [-0.15, -0.1) is 0 Å². The molecular weight excluding hydrogens is 264 g/mol. The first-order valence-electron chi connectivity index (χ1n) is 7.01. The lowest BCUT2D eigenvalue weighted by molar-refractivity contribution is 0.0506. The van der Waals surface area contributed by atoms with E-state index < -0.39 is 0 Å². The summed E-state index contributed by atoms with van der Waals surface area (Å²) in [5.74, 6) is -0.361. The third kappa shape index (κ3) is 3.75. The molecule has 0 amide bonds. The molecule has 2 rings (SSSR count). The van der Waals surface area contributed by atoms with Crippen LogP contribution in [0.15, 0.2) is 42.5 Å². The van der Waals surface area contributed by atoms with Crippen LogP contribution in [0.1, 0.15) is 29.3 Å². The fourth-order valence-electron chi connectivity index (χ4n) is 1.97. The number of nitrogen functional groups attached to an aromatic ring is 1. The van der Waals surface area contributed by atoms with Crippen molar-refractivity contribution in [1.82, 2.24) is 0 Å². The molecule has 3 N–H and O–H groups in total. The molecule has 0 aromatic heterocycles. The molecule has 110 valence electrons. The van der Waals surface area contributed by atoms with Crippen LogP contribution in [-0.4, -0.2) is 12.6 Å². The molecule has 2 aromatic carbocycles. The smallest absolute Gasteiger partial charge is 0.340 e. The predicted molar refractivity (Wildman–Crippen MR) is 85.9 cm³/mol. The number of esters is 1. The number of carbonyl (C=O) groups is 1. The molecule has 0 spiro atoms. The molecule has 0 aliphatic carbocycles. The SMILES string of the molecule is CCCOC(=O)c1cc(N)ccc1Nc1ccccc1C. The molecule has 0 saturated heterocycles. The van der Waals surface area contributed by atoms with Gasteiger partial charge in [0, 0.05) is 11.4 Å². The van der Waals surface area contributed by atoms with E-state index in [0.29, 0.717) is 23.5 Å². The number of ether oxygens (including phenoxy) is 1. The Kier molecular flexibility index (Phi) is 4.82. The largest absolute Gasteiger partial charge is 0.462 e. The van der Waals surface area contributed by atoms with Crippen LogP contribution in [0.2, 0.25) is 0 Å². The number of rotatable bonds is 5. The van der Waals surface area contributed by atoms with Crippen LogP contribution in [0, 0.1) is 6.92 Å². The van der Waals surface area contributed by atoms with Crippen molar-refractivity contribution in [3.63, 3.8) is 0 Å². The summed E-state index contributed by atoms with van der Waals surface area (Å²) in [7, 11) is 0. The molecule has 4 heteroatoms. The van der Waals surface area contributed by atoms with Gasteiger partial charge in [-0.05, 0) is 43.2 Å². The van der Waals surface area contributed by atoms with E-state index in [1.165, 1.54) is 0 Å². The Morgan fingerprint density at radius 3 is 2.67 bits per heavy atom. The Hall–Kier alpha value is -2.49. The Morgan fingerprint density at radius 1 is 1.19 bits per heavy atom. The topological polar surface area (TPSA) is 64.3 Å². The van der Waals surface area contributed by atoms with Crippen molar-refractivity contribution in [2.24, 2.45) is 0 Å². The summed E-state index contributed by atoms with van der Waals surface area (Å²) in [5, 5.41) is 3.27. The van der Waals surface area contributed by atoms with E-state index in [0.717, 1.165) is 17.7 Å². The van der Waals surface area contributed by atoms with Crippen LogP contribution >= 0.6 is 0 Å². The van der Waals surface area contributed by atoms with Gasteiger partial charge in [-0.2, -0.15) is 0 Å². The Balaban J connectivity index is 2.31. The van der Waals surface area contributed by atoms with E-state index in [9.17, 15) is 4.79 Å². The monoisotopic (exact) mass is 284 g/mol. The molecule has 0 aliphatic heterocycles. The second-order valence-corrected chi connectivity index (χ2v) is 4.88. The van der Waals surface area contributed by atoms with Crippen LogP contribution in [0.4, 0.5) is 17.1 Å². The molecule has 0 heterocycles. The van der Waals surface area contributed by atoms with Crippen molar-refractivity contribution < 1.29 is 9.53 Å². The van der Waals surface area contributed by atoms with Crippen molar-refractivity contribution >= 4 is 23.0 Å². The van der Waals surface area contributed by atoms with Crippen LogP contribution in [0.5, 0.6) is 0 Å². The minimum absolute atomic E-state index is 0.361. The fourth-order valence-corrected chi connectivity index (χ4v) is 1.97. The van der Waals surface area contributed by atoms with Gasteiger partial charge in [0.25, 0.3) is 0 Å². The normalized spacial score (nSPS) is 10.2. The van der Waals surface area contributed by atoms with Crippen LogP contribution in [0.25, 0.3) is 0 Å². The molecule has 0 saturated carbocycles. The maximum absolute atomic E-state index is 12.1. The molecule has 4 nitrogen and oxygen atoms in total. The quantitative estimate of drug-likeness (QED) is 0.646. The number of hydrogen-bond donors (Lipinski definition) is 2. The number of hydrogen-bond acceptors (Lipinski definition) is 4. The van der Waals surface area contributed by atoms with Gasteiger partial charge in [0.2, 0.25) is 0 Å². The van der Waals surface area contributed by atoms with Gasteiger partial charge in [-0.1, -0.05) is 25.1 Å². The Morgan fingerprint density at radius 2 is 1.95 bits per heavy atom. The highest BCUT2D eigenvalue weighted by molar-refractivity contribution is 5.97. The van der Waals surface area contributed by atoms with E-state index in [-0.39, 0.29) is 5.97 Å². The molecule has 0 aliphatic rings. The average molecular weight is 284 g/mol.